The van der Waals surface area contributed by atoms with Gasteiger partial charge in [-0.1, -0.05) is 6.08 Å². The predicted octanol–water partition coefficient (Wildman–Crippen LogP) is -1.12. The highest BCUT2D eigenvalue weighted by molar-refractivity contribution is 5.78. The van der Waals surface area contributed by atoms with Crippen molar-refractivity contribution in [3.63, 3.8) is 0 Å². The highest BCUT2D eigenvalue weighted by Crippen LogP contribution is 2.09. The number of nitrogens with zero attached hydrogens (tertiary/aromatic N) is 2. The number of rotatable bonds is 5. The fourth-order valence-electron chi connectivity index (χ4n) is 2.26. The Morgan fingerprint density at radius 1 is 1.35 bits per heavy atom. The summed E-state index contributed by atoms with van der Waals surface area (Å²) in [6.07, 6.45) is 1.71. The van der Waals surface area contributed by atoms with Gasteiger partial charge >= 0.3 is 0 Å². The average Bonchev–Trinajstić information content (AvgIpc) is 2.27. The monoisotopic (exact) mass is 238 g/mol. The lowest BCUT2D eigenvalue weighted by molar-refractivity contribution is -0.122. The van der Waals surface area contributed by atoms with E-state index >= 15 is 0 Å². The summed E-state index contributed by atoms with van der Waals surface area (Å²) in [5, 5.41) is 6.11. The van der Waals surface area contributed by atoms with Crippen LogP contribution in [0, 0.1) is 0 Å². The van der Waals surface area contributed by atoms with Crippen LogP contribution in [-0.4, -0.2) is 74.1 Å². The van der Waals surface area contributed by atoms with Crippen LogP contribution in [0.3, 0.4) is 0 Å². The zero-order valence-corrected chi connectivity index (χ0v) is 10.3. The zero-order valence-electron chi connectivity index (χ0n) is 10.3. The molecule has 2 fully saturated rings. The van der Waals surface area contributed by atoms with E-state index in [1.165, 1.54) is 0 Å². The summed E-state index contributed by atoms with van der Waals surface area (Å²) >= 11 is 0. The van der Waals surface area contributed by atoms with Crippen molar-refractivity contribution in [3.8, 4) is 0 Å². The Labute approximate surface area is 103 Å². The Kier molecular flexibility index (Phi) is 4.53. The molecule has 0 atom stereocenters. The van der Waals surface area contributed by atoms with Crippen LogP contribution >= 0.6 is 0 Å². The lowest BCUT2D eigenvalue weighted by Gasteiger charge is -2.43. The Hall–Kier alpha value is -0.910. The standard InChI is InChI=1S/C12H22N4O/c1-2-3-14-12(17)10-15-4-6-16(7-5-15)11-8-13-9-11/h2,11,13H,1,3-10H2,(H,14,17). The SMILES string of the molecule is C=CCNC(=O)CN1CCN(C2CNC2)CC1. The molecule has 0 radical (unpaired) electrons. The second-order valence-electron chi connectivity index (χ2n) is 4.72. The van der Waals surface area contributed by atoms with Crippen molar-refractivity contribution in [1.82, 2.24) is 20.4 Å². The number of carbonyl (C=O) groups is 1. The number of carbonyl (C=O) groups excluding carboxylic acids is 1. The maximum atomic E-state index is 11.5. The molecule has 0 bridgehead atoms. The second-order valence-corrected chi connectivity index (χ2v) is 4.72. The van der Waals surface area contributed by atoms with Crippen molar-refractivity contribution >= 4 is 5.91 Å². The molecule has 0 saturated carbocycles. The van der Waals surface area contributed by atoms with Gasteiger partial charge in [0.1, 0.15) is 0 Å². The quantitative estimate of drug-likeness (QED) is 0.596. The third-order valence-electron chi connectivity index (χ3n) is 3.49. The van der Waals surface area contributed by atoms with Crippen molar-refractivity contribution in [2.45, 2.75) is 6.04 Å². The normalized spacial score (nSPS) is 23.1. The largest absolute Gasteiger partial charge is 0.352 e. The van der Waals surface area contributed by atoms with Crippen molar-refractivity contribution in [3.05, 3.63) is 12.7 Å². The molecule has 2 saturated heterocycles. The molecule has 5 nitrogen and oxygen atoms in total. The molecule has 96 valence electrons. The van der Waals surface area contributed by atoms with Gasteiger partial charge < -0.3 is 10.6 Å². The van der Waals surface area contributed by atoms with Gasteiger partial charge in [0.15, 0.2) is 0 Å². The van der Waals surface area contributed by atoms with Gasteiger partial charge in [0.05, 0.1) is 6.54 Å². The lowest BCUT2D eigenvalue weighted by atomic mass is 10.1. The van der Waals surface area contributed by atoms with Gasteiger partial charge in [-0.25, -0.2) is 0 Å². The van der Waals surface area contributed by atoms with Gasteiger partial charge in [-0.15, -0.1) is 6.58 Å². The maximum Gasteiger partial charge on any atom is 0.234 e. The predicted molar refractivity (Wildman–Crippen MR) is 67.9 cm³/mol. The molecule has 2 aliphatic rings. The minimum atomic E-state index is 0.101. The zero-order chi connectivity index (χ0) is 12.1. The van der Waals surface area contributed by atoms with Gasteiger partial charge in [-0.05, 0) is 0 Å². The third kappa shape index (κ3) is 3.52. The Balaban J connectivity index is 1.64. The van der Waals surface area contributed by atoms with Gasteiger partial charge in [0.25, 0.3) is 0 Å². The summed E-state index contributed by atoms with van der Waals surface area (Å²) in [5.74, 6) is 0.101. The van der Waals surface area contributed by atoms with E-state index in [4.69, 9.17) is 0 Å². The summed E-state index contributed by atoms with van der Waals surface area (Å²) in [5.41, 5.74) is 0. The fourth-order valence-corrected chi connectivity index (χ4v) is 2.26. The Morgan fingerprint density at radius 3 is 2.59 bits per heavy atom. The highest BCUT2D eigenvalue weighted by atomic mass is 16.2. The van der Waals surface area contributed by atoms with Gasteiger partial charge in [-0.3, -0.25) is 14.6 Å². The molecule has 0 spiro atoms. The minimum absolute atomic E-state index is 0.101. The van der Waals surface area contributed by atoms with Crippen LogP contribution in [0.4, 0.5) is 0 Å². The number of hydrogen-bond acceptors (Lipinski definition) is 4. The summed E-state index contributed by atoms with van der Waals surface area (Å²) in [6.45, 7) is 11.1. The van der Waals surface area contributed by atoms with E-state index in [0.717, 1.165) is 45.3 Å². The summed E-state index contributed by atoms with van der Waals surface area (Å²) in [7, 11) is 0. The van der Waals surface area contributed by atoms with E-state index < -0.39 is 0 Å². The Bertz CT molecular complexity index is 270. The maximum absolute atomic E-state index is 11.5. The molecule has 1 amide bonds. The van der Waals surface area contributed by atoms with Gasteiger partial charge in [0.2, 0.25) is 5.91 Å². The summed E-state index contributed by atoms with van der Waals surface area (Å²) < 4.78 is 0. The van der Waals surface area contributed by atoms with Crippen molar-refractivity contribution in [1.29, 1.82) is 0 Å². The second kappa shape index (κ2) is 6.14. The molecular formula is C12H22N4O. The minimum Gasteiger partial charge on any atom is -0.352 e. The van der Waals surface area contributed by atoms with E-state index in [1.807, 2.05) is 0 Å². The molecule has 0 unspecified atom stereocenters. The van der Waals surface area contributed by atoms with Crippen molar-refractivity contribution in [2.24, 2.45) is 0 Å². The highest BCUT2D eigenvalue weighted by Gasteiger charge is 2.27. The van der Waals surface area contributed by atoms with Gasteiger partial charge in [-0.2, -0.15) is 0 Å². The van der Waals surface area contributed by atoms with E-state index in [9.17, 15) is 4.79 Å². The molecular weight excluding hydrogens is 216 g/mol. The topological polar surface area (TPSA) is 47.6 Å². The molecule has 0 aromatic carbocycles. The number of piperazine rings is 1. The van der Waals surface area contributed by atoms with Crippen LogP contribution in [0.25, 0.3) is 0 Å². The van der Waals surface area contributed by atoms with Crippen molar-refractivity contribution in [2.75, 3.05) is 52.4 Å². The molecule has 5 heteroatoms. The molecule has 2 rings (SSSR count). The van der Waals surface area contributed by atoms with Crippen LogP contribution in [-0.2, 0) is 4.79 Å². The first-order valence-electron chi connectivity index (χ1n) is 6.34. The van der Waals surface area contributed by atoms with E-state index in [0.29, 0.717) is 13.1 Å². The molecule has 0 aliphatic carbocycles. The smallest absolute Gasteiger partial charge is 0.234 e. The molecule has 0 aromatic rings. The fraction of sp³-hybridized carbons (Fsp3) is 0.750. The van der Waals surface area contributed by atoms with Crippen molar-refractivity contribution < 1.29 is 4.79 Å². The number of amides is 1. The summed E-state index contributed by atoms with van der Waals surface area (Å²) in [6, 6.07) is 0.728. The first-order chi connectivity index (χ1) is 8.29. The third-order valence-corrected chi connectivity index (χ3v) is 3.49. The molecule has 2 N–H and O–H groups in total. The first kappa shape index (κ1) is 12.5. The molecule has 0 aromatic heterocycles. The van der Waals surface area contributed by atoms with Crippen LogP contribution < -0.4 is 10.6 Å². The lowest BCUT2D eigenvalue weighted by Crippen LogP contribution is -2.62. The summed E-state index contributed by atoms with van der Waals surface area (Å²) in [4.78, 5) is 16.3. The van der Waals surface area contributed by atoms with Gasteiger partial charge in [0, 0.05) is 51.9 Å². The molecule has 17 heavy (non-hydrogen) atoms. The van der Waals surface area contributed by atoms with E-state index in [2.05, 4.69) is 27.0 Å². The van der Waals surface area contributed by atoms with E-state index in [1.54, 1.807) is 6.08 Å². The van der Waals surface area contributed by atoms with E-state index in [-0.39, 0.29) is 5.91 Å². The molecule has 2 aliphatic heterocycles. The first-order valence-corrected chi connectivity index (χ1v) is 6.34. The number of hydrogen-bond donors (Lipinski definition) is 2. The van der Waals surface area contributed by atoms with Crippen LogP contribution in [0.15, 0.2) is 12.7 Å². The van der Waals surface area contributed by atoms with Crippen LogP contribution in [0.5, 0.6) is 0 Å². The number of nitrogens with one attached hydrogen (secondary N) is 2. The Morgan fingerprint density at radius 2 is 2.06 bits per heavy atom. The van der Waals surface area contributed by atoms with Crippen LogP contribution in [0.2, 0.25) is 0 Å². The average molecular weight is 238 g/mol. The molecule has 2 heterocycles. The van der Waals surface area contributed by atoms with Crippen LogP contribution in [0.1, 0.15) is 0 Å².